The van der Waals surface area contributed by atoms with Crippen LogP contribution in [-0.4, -0.2) is 22.8 Å². The summed E-state index contributed by atoms with van der Waals surface area (Å²) < 4.78 is 7.13. The number of benzene rings is 1. The molecule has 19 heavy (non-hydrogen) atoms. The third-order valence-electron chi connectivity index (χ3n) is 3.06. The minimum absolute atomic E-state index is 0.606. The van der Waals surface area contributed by atoms with Gasteiger partial charge in [0.05, 0.1) is 18.5 Å². The predicted octanol–water partition coefficient (Wildman–Crippen LogP) is 3.19. The van der Waals surface area contributed by atoms with Crippen molar-refractivity contribution in [3.8, 4) is 17.0 Å². The third kappa shape index (κ3) is 1.82. The van der Waals surface area contributed by atoms with Crippen LogP contribution in [0, 0.1) is 6.92 Å². The Morgan fingerprint density at radius 3 is 3.00 bits per heavy atom. The summed E-state index contributed by atoms with van der Waals surface area (Å²) >= 11 is 1.52. The highest BCUT2D eigenvalue weighted by Crippen LogP contribution is 2.30. The van der Waals surface area contributed by atoms with E-state index in [0.717, 1.165) is 33.9 Å². The molecule has 0 atom stereocenters. The first-order valence-corrected chi connectivity index (χ1v) is 6.68. The second-order valence-electron chi connectivity index (χ2n) is 4.17. The van der Waals surface area contributed by atoms with Crippen LogP contribution < -0.4 is 4.74 Å². The molecule has 0 aliphatic rings. The molecule has 0 unspecified atom stereocenters. The molecule has 0 radical (unpaired) electrons. The standard InChI is InChI=1S/C14H12N2O2S/c1-9-12(7-17)16-13(8-19-14(16)15-9)10-4-3-5-11(6-10)18-2/h3-8H,1-2H3. The molecule has 96 valence electrons. The maximum atomic E-state index is 11.2. The molecular weight excluding hydrogens is 260 g/mol. The number of aldehydes is 1. The number of hydrogen-bond donors (Lipinski definition) is 0. The van der Waals surface area contributed by atoms with Gasteiger partial charge in [0.25, 0.3) is 0 Å². The van der Waals surface area contributed by atoms with Gasteiger partial charge in [0.1, 0.15) is 11.4 Å². The maximum absolute atomic E-state index is 11.2. The highest BCUT2D eigenvalue weighted by atomic mass is 32.1. The number of carbonyl (C=O) groups is 1. The van der Waals surface area contributed by atoms with Gasteiger partial charge >= 0.3 is 0 Å². The Bertz CT molecular complexity index is 758. The number of carbonyl (C=O) groups excluding carboxylic acids is 1. The summed E-state index contributed by atoms with van der Waals surface area (Å²) in [5.74, 6) is 0.793. The fourth-order valence-electron chi connectivity index (χ4n) is 2.11. The van der Waals surface area contributed by atoms with E-state index in [1.165, 1.54) is 11.3 Å². The fourth-order valence-corrected chi connectivity index (χ4v) is 3.06. The zero-order valence-corrected chi connectivity index (χ0v) is 11.4. The van der Waals surface area contributed by atoms with Crippen LogP contribution in [0.25, 0.3) is 16.2 Å². The summed E-state index contributed by atoms with van der Waals surface area (Å²) in [5.41, 5.74) is 3.33. The van der Waals surface area contributed by atoms with E-state index in [2.05, 4.69) is 4.98 Å². The molecule has 4 nitrogen and oxygen atoms in total. The first-order chi connectivity index (χ1) is 9.24. The normalized spacial score (nSPS) is 10.8. The minimum atomic E-state index is 0.606. The number of aromatic nitrogens is 2. The SMILES string of the molecule is COc1cccc(-c2csc3nc(C)c(C=O)n23)c1. The molecule has 0 N–H and O–H groups in total. The van der Waals surface area contributed by atoms with E-state index in [4.69, 9.17) is 4.74 Å². The van der Waals surface area contributed by atoms with Crippen LogP contribution in [-0.2, 0) is 0 Å². The lowest BCUT2D eigenvalue weighted by Gasteiger charge is -2.04. The van der Waals surface area contributed by atoms with E-state index in [1.807, 2.05) is 41.0 Å². The lowest BCUT2D eigenvalue weighted by atomic mass is 10.1. The first kappa shape index (κ1) is 11.9. The van der Waals surface area contributed by atoms with Crippen LogP contribution in [0.3, 0.4) is 0 Å². The van der Waals surface area contributed by atoms with Crippen molar-refractivity contribution >= 4 is 22.6 Å². The molecule has 1 aromatic carbocycles. The Balaban J connectivity index is 2.27. The molecule has 2 heterocycles. The van der Waals surface area contributed by atoms with E-state index in [0.29, 0.717) is 5.69 Å². The second-order valence-corrected chi connectivity index (χ2v) is 5.01. The Kier molecular flexibility index (Phi) is 2.83. The Morgan fingerprint density at radius 2 is 2.26 bits per heavy atom. The Morgan fingerprint density at radius 1 is 1.42 bits per heavy atom. The number of nitrogens with zero attached hydrogens (tertiary/aromatic N) is 2. The molecule has 3 rings (SSSR count). The molecule has 2 aromatic heterocycles. The van der Waals surface area contributed by atoms with E-state index in [9.17, 15) is 4.79 Å². The molecule has 0 saturated heterocycles. The third-order valence-corrected chi connectivity index (χ3v) is 3.89. The molecular formula is C14H12N2O2S. The summed E-state index contributed by atoms with van der Waals surface area (Å²) in [6, 6.07) is 7.77. The number of fused-ring (bicyclic) bond motifs is 1. The number of aryl methyl sites for hydroxylation is 1. The topological polar surface area (TPSA) is 43.6 Å². The molecule has 0 aliphatic heterocycles. The summed E-state index contributed by atoms with van der Waals surface area (Å²) in [4.78, 5) is 16.4. The highest BCUT2D eigenvalue weighted by Gasteiger charge is 2.14. The number of ether oxygens (including phenoxy) is 1. The fraction of sp³-hybridized carbons (Fsp3) is 0.143. The number of rotatable bonds is 3. The number of imidazole rings is 1. The van der Waals surface area contributed by atoms with Crippen molar-refractivity contribution in [1.29, 1.82) is 0 Å². The molecule has 0 amide bonds. The minimum Gasteiger partial charge on any atom is -0.497 e. The average Bonchev–Trinajstić information content (AvgIpc) is 2.96. The van der Waals surface area contributed by atoms with Crippen molar-refractivity contribution in [2.24, 2.45) is 0 Å². The van der Waals surface area contributed by atoms with Gasteiger partial charge in [-0.15, -0.1) is 11.3 Å². The van der Waals surface area contributed by atoms with Crippen molar-refractivity contribution in [3.63, 3.8) is 0 Å². The first-order valence-electron chi connectivity index (χ1n) is 5.80. The van der Waals surface area contributed by atoms with Crippen molar-refractivity contribution in [2.75, 3.05) is 7.11 Å². The van der Waals surface area contributed by atoms with E-state index in [1.54, 1.807) is 7.11 Å². The summed E-state index contributed by atoms with van der Waals surface area (Å²) in [6.45, 7) is 1.85. The van der Waals surface area contributed by atoms with Gasteiger partial charge in [-0.1, -0.05) is 12.1 Å². The molecule has 3 aromatic rings. The van der Waals surface area contributed by atoms with Crippen molar-refractivity contribution in [1.82, 2.24) is 9.38 Å². The van der Waals surface area contributed by atoms with Crippen molar-refractivity contribution in [3.05, 3.63) is 41.0 Å². The molecule has 0 saturated carbocycles. The van der Waals surface area contributed by atoms with Gasteiger partial charge in [0, 0.05) is 10.9 Å². The van der Waals surface area contributed by atoms with Gasteiger partial charge in [-0.3, -0.25) is 9.20 Å². The molecule has 0 spiro atoms. The van der Waals surface area contributed by atoms with Crippen LogP contribution in [0.15, 0.2) is 29.6 Å². The zero-order chi connectivity index (χ0) is 13.4. The van der Waals surface area contributed by atoms with Crippen molar-refractivity contribution in [2.45, 2.75) is 6.92 Å². The lowest BCUT2D eigenvalue weighted by Crippen LogP contribution is -1.93. The van der Waals surface area contributed by atoms with Gasteiger partial charge in [-0.2, -0.15) is 0 Å². The smallest absolute Gasteiger partial charge is 0.194 e. The summed E-state index contributed by atoms with van der Waals surface area (Å²) in [7, 11) is 1.64. The van der Waals surface area contributed by atoms with Crippen LogP contribution in [0.2, 0.25) is 0 Å². The van der Waals surface area contributed by atoms with E-state index >= 15 is 0 Å². The second kappa shape index (κ2) is 4.51. The predicted molar refractivity (Wildman–Crippen MR) is 75.2 cm³/mol. The Hall–Kier alpha value is -2.14. The molecule has 5 heteroatoms. The number of thiazole rings is 1. The zero-order valence-electron chi connectivity index (χ0n) is 10.6. The van der Waals surface area contributed by atoms with Gasteiger partial charge in [-0.25, -0.2) is 4.98 Å². The summed E-state index contributed by atoms with van der Waals surface area (Å²) in [6.07, 6.45) is 0.853. The van der Waals surface area contributed by atoms with E-state index in [-0.39, 0.29) is 0 Å². The summed E-state index contributed by atoms with van der Waals surface area (Å²) in [5, 5.41) is 2.00. The lowest BCUT2D eigenvalue weighted by molar-refractivity contribution is 0.111. The molecule has 0 fully saturated rings. The van der Waals surface area contributed by atoms with E-state index < -0.39 is 0 Å². The van der Waals surface area contributed by atoms with Gasteiger partial charge in [0.2, 0.25) is 0 Å². The Labute approximate surface area is 114 Å². The largest absolute Gasteiger partial charge is 0.497 e. The molecule has 0 aliphatic carbocycles. The highest BCUT2D eigenvalue weighted by molar-refractivity contribution is 7.15. The van der Waals surface area contributed by atoms with Crippen LogP contribution in [0.4, 0.5) is 0 Å². The number of hydrogen-bond acceptors (Lipinski definition) is 4. The van der Waals surface area contributed by atoms with Crippen LogP contribution in [0.1, 0.15) is 16.2 Å². The average molecular weight is 272 g/mol. The van der Waals surface area contributed by atoms with Crippen LogP contribution >= 0.6 is 11.3 Å². The quantitative estimate of drug-likeness (QED) is 0.688. The van der Waals surface area contributed by atoms with Gasteiger partial charge in [0.15, 0.2) is 11.2 Å². The van der Waals surface area contributed by atoms with Crippen molar-refractivity contribution < 1.29 is 9.53 Å². The van der Waals surface area contributed by atoms with Gasteiger partial charge < -0.3 is 4.74 Å². The van der Waals surface area contributed by atoms with Crippen LogP contribution in [0.5, 0.6) is 5.75 Å². The maximum Gasteiger partial charge on any atom is 0.194 e. The number of methoxy groups -OCH3 is 1. The van der Waals surface area contributed by atoms with Gasteiger partial charge in [-0.05, 0) is 19.1 Å². The monoisotopic (exact) mass is 272 g/mol. The molecule has 0 bridgehead atoms.